The van der Waals surface area contributed by atoms with Gasteiger partial charge in [-0.05, 0) is 23.5 Å². The normalized spacial score (nSPS) is 35.6. The lowest BCUT2D eigenvalue weighted by Gasteiger charge is -2.18. The predicted molar refractivity (Wildman–Crippen MR) is 54.5 cm³/mol. The lowest BCUT2D eigenvalue weighted by Crippen LogP contribution is -2.27. The summed E-state index contributed by atoms with van der Waals surface area (Å²) < 4.78 is 0. The number of hydrogen-bond donors (Lipinski definition) is 1. The van der Waals surface area contributed by atoms with E-state index in [1.54, 1.807) is 0 Å². The lowest BCUT2D eigenvalue weighted by molar-refractivity contribution is 0.290. The molecular formula is C11H15N3. The highest BCUT2D eigenvalue weighted by molar-refractivity contribution is 5.12. The van der Waals surface area contributed by atoms with Crippen LogP contribution in [0.25, 0.3) is 0 Å². The van der Waals surface area contributed by atoms with Crippen LogP contribution in [0.2, 0.25) is 0 Å². The minimum Gasteiger partial charge on any atom is -0.327 e. The van der Waals surface area contributed by atoms with Gasteiger partial charge in [0.05, 0.1) is 0 Å². The summed E-state index contributed by atoms with van der Waals surface area (Å²) in [6.07, 6.45) is 3.77. The van der Waals surface area contributed by atoms with Gasteiger partial charge in [0.1, 0.15) is 0 Å². The topological polar surface area (TPSA) is 42.1 Å². The third-order valence-electron chi connectivity index (χ3n) is 3.46. The Bertz CT molecular complexity index is 313. The van der Waals surface area contributed by atoms with Crippen LogP contribution in [-0.2, 0) is 6.54 Å². The van der Waals surface area contributed by atoms with Crippen molar-refractivity contribution >= 4 is 0 Å². The number of piperidine rings is 1. The van der Waals surface area contributed by atoms with Crippen LogP contribution in [0.1, 0.15) is 5.56 Å². The molecule has 0 spiro atoms. The average Bonchev–Trinajstić information content (AvgIpc) is 2.65. The van der Waals surface area contributed by atoms with E-state index >= 15 is 0 Å². The lowest BCUT2D eigenvalue weighted by atomic mass is 10.2. The van der Waals surface area contributed by atoms with Gasteiger partial charge in [-0.3, -0.25) is 9.88 Å². The van der Waals surface area contributed by atoms with Crippen molar-refractivity contribution in [1.82, 2.24) is 9.88 Å². The van der Waals surface area contributed by atoms with Gasteiger partial charge >= 0.3 is 0 Å². The largest absolute Gasteiger partial charge is 0.327 e. The summed E-state index contributed by atoms with van der Waals surface area (Å²) in [5, 5.41) is 0. The Kier molecular flexibility index (Phi) is 1.82. The van der Waals surface area contributed by atoms with Gasteiger partial charge in [-0.25, -0.2) is 0 Å². The second-order valence-corrected chi connectivity index (χ2v) is 4.46. The van der Waals surface area contributed by atoms with E-state index in [4.69, 9.17) is 5.73 Å². The molecule has 3 heteroatoms. The van der Waals surface area contributed by atoms with Crippen molar-refractivity contribution in [3.8, 4) is 0 Å². The second-order valence-electron chi connectivity index (χ2n) is 4.46. The van der Waals surface area contributed by atoms with E-state index in [0.717, 1.165) is 18.4 Å². The minimum absolute atomic E-state index is 0.500. The van der Waals surface area contributed by atoms with Crippen molar-refractivity contribution in [1.29, 1.82) is 0 Å². The van der Waals surface area contributed by atoms with Gasteiger partial charge in [0.25, 0.3) is 0 Å². The Morgan fingerprint density at radius 3 is 2.86 bits per heavy atom. The molecule has 0 bridgehead atoms. The number of aromatic nitrogens is 1. The van der Waals surface area contributed by atoms with Crippen molar-refractivity contribution < 1.29 is 0 Å². The van der Waals surface area contributed by atoms with Gasteiger partial charge in [-0.2, -0.15) is 0 Å². The number of fused-ring (bicyclic) bond motifs is 1. The number of likely N-dealkylation sites (tertiary alicyclic amines) is 1. The van der Waals surface area contributed by atoms with E-state index in [1.807, 2.05) is 18.5 Å². The van der Waals surface area contributed by atoms with E-state index < -0.39 is 0 Å². The molecule has 1 aromatic rings. The molecule has 2 N–H and O–H groups in total. The van der Waals surface area contributed by atoms with Crippen LogP contribution in [-0.4, -0.2) is 29.0 Å². The summed E-state index contributed by atoms with van der Waals surface area (Å²) in [4.78, 5) is 6.60. The molecule has 1 aliphatic carbocycles. The van der Waals surface area contributed by atoms with Crippen LogP contribution in [0.5, 0.6) is 0 Å². The summed E-state index contributed by atoms with van der Waals surface area (Å²) in [6.45, 7) is 3.40. The fourth-order valence-corrected chi connectivity index (χ4v) is 2.54. The van der Waals surface area contributed by atoms with Crippen LogP contribution >= 0.6 is 0 Å². The van der Waals surface area contributed by atoms with Crippen LogP contribution in [0, 0.1) is 11.8 Å². The fraction of sp³-hybridized carbons (Fsp3) is 0.545. The van der Waals surface area contributed by atoms with E-state index in [-0.39, 0.29) is 0 Å². The van der Waals surface area contributed by atoms with Gasteiger partial charge < -0.3 is 5.73 Å². The average molecular weight is 189 g/mol. The molecule has 1 aliphatic heterocycles. The Balaban J connectivity index is 1.60. The highest BCUT2D eigenvalue weighted by atomic mass is 15.2. The Morgan fingerprint density at radius 2 is 2.21 bits per heavy atom. The van der Waals surface area contributed by atoms with Gasteiger partial charge in [-0.15, -0.1) is 0 Å². The molecular weight excluding hydrogens is 174 g/mol. The first-order chi connectivity index (χ1) is 6.84. The van der Waals surface area contributed by atoms with E-state index in [1.165, 1.54) is 18.7 Å². The van der Waals surface area contributed by atoms with Gasteiger partial charge in [0.15, 0.2) is 0 Å². The number of hydrogen-bond acceptors (Lipinski definition) is 3. The number of pyridine rings is 1. The van der Waals surface area contributed by atoms with Gasteiger partial charge in [0.2, 0.25) is 0 Å². The summed E-state index contributed by atoms with van der Waals surface area (Å²) in [5.41, 5.74) is 7.20. The molecule has 0 amide bonds. The highest BCUT2D eigenvalue weighted by Crippen LogP contribution is 2.43. The minimum atomic E-state index is 0.500. The molecule has 0 aromatic carbocycles. The first kappa shape index (κ1) is 8.38. The zero-order valence-electron chi connectivity index (χ0n) is 8.13. The smallest absolute Gasteiger partial charge is 0.0312 e. The van der Waals surface area contributed by atoms with Gasteiger partial charge in [-0.1, -0.05) is 6.07 Å². The summed E-state index contributed by atoms with van der Waals surface area (Å²) in [7, 11) is 0. The maximum Gasteiger partial charge on any atom is 0.0312 e. The van der Waals surface area contributed by atoms with Crippen molar-refractivity contribution in [3.05, 3.63) is 30.1 Å². The number of nitrogens with zero attached hydrogens (tertiary/aromatic N) is 2. The zero-order valence-corrected chi connectivity index (χ0v) is 8.13. The number of rotatable bonds is 2. The standard InChI is InChI=1S/C11H15N3/c12-11-9-6-14(7-10(9)11)5-8-2-1-3-13-4-8/h1-4,9-11H,5-7,12H2. The second kappa shape index (κ2) is 3.04. The third-order valence-corrected chi connectivity index (χ3v) is 3.46. The quantitative estimate of drug-likeness (QED) is 0.735. The van der Waals surface area contributed by atoms with Crippen molar-refractivity contribution in [3.63, 3.8) is 0 Å². The molecule has 2 heterocycles. The molecule has 2 unspecified atom stereocenters. The third kappa shape index (κ3) is 1.33. The van der Waals surface area contributed by atoms with E-state index in [2.05, 4.69) is 16.0 Å². The van der Waals surface area contributed by atoms with Crippen LogP contribution in [0.3, 0.4) is 0 Å². The molecule has 74 valence electrons. The first-order valence-corrected chi connectivity index (χ1v) is 5.21. The van der Waals surface area contributed by atoms with E-state index in [0.29, 0.717) is 6.04 Å². The molecule has 1 saturated heterocycles. The maximum absolute atomic E-state index is 5.89. The molecule has 2 atom stereocenters. The summed E-state index contributed by atoms with van der Waals surface area (Å²) in [5.74, 6) is 1.57. The first-order valence-electron chi connectivity index (χ1n) is 5.21. The number of nitrogens with two attached hydrogens (primary N) is 1. The summed E-state index contributed by atoms with van der Waals surface area (Å²) >= 11 is 0. The van der Waals surface area contributed by atoms with Crippen LogP contribution in [0.15, 0.2) is 24.5 Å². The molecule has 1 aromatic heterocycles. The van der Waals surface area contributed by atoms with Crippen molar-refractivity contribution in [2.45, 2.75) is 12.6 Å². The molecule has 14 heavy (non-hydrogen) atoms. The van der Waals surface area contributed by atoms with Crippen LogP contribution in [0.4, 0.5) is 0 Å². The van der Waals surface area contributed by atoms with Crippen molar-refractivity contribution in [2.75, 3.05) is 13.1 Å². The molecule has 0 radical (unpaired) electrons. The monoisotopic (exact) mass is 189 g/mol. The molecule has 3 nitrogen and oxygen atoms in total. The predicted octanol–water partition coefficient (Wildman–Crippen LogP) is 0.470. The van der Waals surface area contributed by atoms with Crippen LogP contribution < -0.4 is 5.73 Å². The Labute approximate surface area is 83.9 Å². The molecule has 2 aliphatic rings. The van der Waals surface area contributed by atoms with E-state index in [9.17, 15) is 0 Å². The SMILES string of the molecule is NC1C2CN(Cc3cccnc3)CC12. The molecule has 1 saturated carbocycles. The Morgan fingerprint density at radius 1 is 1.43 bits per heavy atom. The molecule has 3 rings (SSSR count). The highest BCUT2D eigenvalue weighted by Gasteiger charge is 2.53. The zero-order chi connectivity index (χ0) is 9.54. The summed E-state index contributed by atoms with van der Waals surface area (Å²) in [6, 6.07) is 4.63. The molecule has 2 fully saturated rings. The maximum atomic E-state index is 5.89. The van der Waals surface area contributed by atoms with Crippen molar-refractivity contribution in [2.24, 2.45) is 17.6 Å². The van der Waals surface area contributed by atoms with Gasteiger partial charge in [0, 0.05) is 38.1 Å². The Hall–Kier alpha value is -0.930. The fourth-order valence-electron chi connectivity index (χ4n) is 2.54.